The number of ether oxygens (including phenoxy) is 1. The van der Waals surface area contributed by atoms with Gasteiger partial charge in [0.15, 0.2) is 5.82 Å². The highest BCUT2D eigenvalue weighted by Crippen LogP contribution is 2.28. The summed E-state index contributed by atoms with van der Waals surface area (Å²) in [6.07, 6.45) is 1.90. The van der Waals surface area contributed by atoms with E-state index < -0.39 is 0 Å². The highest BCUT2D eigenvalue weighted by atomic mass is 16.5. The van der Waals surface area contributed by atoms with Crippen molar-refractivity contribution in [3.05, 3.63) is 60.8 Å². The van der Waals surface area contributed by atoms with Crippen molar-refractivity contribution in [2.75, 3.05) is 31.4 Å². The smallest absolute Gasteiger partial charge is 0.246 e. The van der Waals surface area contributed by atoms with Gasteiger partial charge in [-0.2, -0.15) is 5.10 Å². The fraction of sp³-hybridized carbons (Fsp3) is 0.200. The van der Waals surface area contributed by atoms with Crippen LogP contribution < -0.4 is 15.0 Å². The van der Waals surface area contributed by atoms with Gasteiger partial charge >= 0.3 is 0 Å². The molecule has 1 heterocycles. The molecule has 0 fully saturated rings. The van der Waals surface area contributed by atoms with Crippen LogP contribution in [0.15, 0.2) is 60.8 Å². The molecule has 6 nitrogen and oxygen atoms in total. The van der Waals surface area contributed by atoms with Crippen LogP contribution in [0.25, 0.3) is 11.1 Å². The molecule has 1 N–H and O–H groups in total. The number of hydrogen-bond donors (Lipinski definition) is 1. The molecule has 1 amide bonds. The lowest BCUT2D eigenvalue weighted by molar-refractivity contribution is -0.116. The molecule has 134 valence electrons. The Morgan fingerprint density at radius 1 is 1.12 bits per heavy atom. The van der Waals surface area contributed by atoms with Crippen molar-refractivity contribution in [2.45, 2.75) is 6.54 Å². The molecule has 0 unspecified atom stereocenters. The number of benzene rings is 2. The maximum atomic E-state index is 12.3. The summed E-state index contributed by atoms with van der Waals surface area (Å²) in [4.78, 5) is 14.3. The Bertz CT molecular complexity index is 871. The monoisotopic (exact) mass is 350 g/mol. The van der Waals surface area contributed by atoms with Crippen LogP contribution in [-0.4, -0.2) is 36.9 Å². The minimum Gasteiger partial charge on any atom is -0.497 e. The highest BCUT2D eigenvalue weighted by Gasteiger charge is 2.14. The molecule has 0 radical (unpaired) electrons. The number of anilines is 2. The quantitative estimate of drug-likeness (QED) is 0.741. The Kier molecular flexibility index (Phi) is 5.22. The highest BCUT2D eigenvalue weighted by molar-refractivity contribution is 5.90. The molecular formula is C20H22N4O2. The predicted molar refractivity (Wildman–Crippen MR) is 104 cm³/mol. The summed E-state index contributed by atoms with van der Waals surface area (Å²) in [7, 11) is 5.49. The van der Waals surface area contributed by atoms with Crippen LogP contribution in [0.3, 0.4) is 0 Å². The molecule has 0 atom stereocenters. The van der Waals surface area contributed by atoms with Crippen LogP contribution in [0.4, 0.5) is 11.5 Å². The van der Waals surface area contributed by atoms with Crippen LogP contribution in [-0.2, 0) is 11.3 Å². The lowest BCUT2D eigenvalue weighted by Gasteiger charge is -2.11. The standard InChI is InChI=1S/C20H22N4O2/c1-23(2)20-18(15-7-5-4-6-8-15)13-24(22-20)14-19(25)21-16-9-11-17(26-3)12-10-16/h4-13H,14H2,1-3H3,(H,21,25). The molecule has 3 rings (SSSR count). The van der Waals surface area contributed by atoms with Crippen molar-refractivity contribution in [1.82, 2.24) is 9.78 Å². The van der Waals surface area contributed by atoms with Crippen LogP contribution in [0, 0.1) is 0 Å². The normalized spacial score (nSPS) is 10.4. The molecule has 0 bridgehead atoms. The molecule has 0 aliphatic heterocycles. The third kappa shape index (κ3) is 4.03. The van der Waals surface area contributed by atoms with E-state index in [0.29, 0.717) is 0 Å². The van der Waals surface area contributed by atoms with Crippen LogP contribution in [0.5, 0.6) is 5.75 Å². The summed E-state index contributed by atoms with van der Waals surface area (Å²) in [6.45, 7) is 0.139. The minimum absolute atomic E-state index is 0.136. The SMILES string of the molecule is COc1ccc(NC(=O)Cn2cc(-c3ccccc3)c(N(C)C)n2)cc1. The first-order valence-electron chi connectivity index (χ1n) is 8.31. The molecule has 0 saturated heterocycles. The Morgan fingerprint density at radius 2 is 1.81 bits per heavy atom. The van der Waals surface area contributed by atoms with E-state index in [0.717, 1.165) is 28.4 Å². The van der Waals surface area contributed by atoms with E-state index in [4.69, 9.17) is 4.74 Å². The largest absolute Gasteiger partial charge is 0.497 e. The lowest BCUT2D eigenvalue weighted by atomic mass is 10.1. The third-order valence-corrected chi connectivity index (χ3v) is 3.93. The number of carbonyl (C=O) groups is 1. The van der Waals surface area contributed by atoms with E-state index in [1.165, 1.54) is 0 Å². The van der Waals surface area contributed by atoms with E-state index in [9.17, 15) is 4.79 Å². The van der Waals surface area contributed by atoms with Crippen molar-refractivity contribution < 1.29 is 9.53 Å². The van der Waals surface area contributed by atoms with Gasteiger partial charge in [0.05, 0.1) is 7.11 Å². The molecule has 0 aliphatic carbocycles. The van der Waals surface area contributed by atoms with Gasteiger partial charge in [0.1, 0.15) is 12.3 Å². The number of nitrogens with one attached hydrogen (secondary N) is 1. The minimum atomic E-state index is -0.136. The van der Waals surface area contributed by atoms with Crippen molar-refractivity contribution >= 4 is 17.4 Å². The van der Waals surface area contributed by atoms with Crippen LogP contribution in [0.2, 0.25) is 0 Å². The van der Waals surface area contributed by atoms with Crippen LogP contribution in [0.1, 0.15) is 0 Å². The number of nitrogens with zero attached hydrogens (tertiary/aromatic N) is 3. The van der Waals surface area contributed by atoms with Gasteiger partial charge < -0.3 is 15.0 Å². The van der Waals surface area contributed by atoms with E-state index in [-0.39, 0.29) is 12.5 Å². The summed E-state index contributed by atoms with van der Waals surface area (Å²) < 4.78 is 6.78. The molecule has 0 aliphatic rings. The summed E-state index contributed by atoms with van der Waals surface area (Å²) in [5.74, 6) is 1.44. The molecule has 3 aromatic rings. The van der Waals surface area contributed by atoms with Crippen molar-refractivity contribution in [3.63, 3.8) is 0 Å². The zero-order chi connectivity index (χ0) is 18.5. The Hall–Kier alpha value is -3.28. The zero-order valence-electron chi connectivity index (χ0n) is 15.1. The number of hydrogen-bond acceptors (Lipinski definition) is 4. The van der Waals surface area contributed by atoms with Gasteiger partial charge in [-0.3, -0.25) is 9.48 Å². The third-order valence-electron chi connectivity index (χ3n) is 3.93. The molecule has 0 spiro atoms. The second-order valence-electron chi connectivity index (χ2n) is 6.10. The zero-order valence-corrected chi connectivity index (χ0v) is 15.1. The maximum absolute atomic E-state index is 12.3. The summed E-state index contributed by atoms with van der Waals surface area (Å²) in [6, 6.07) is 17.2. The van der Waals surface area contributed by atoms with Crippen LogP contribution >= 0.6 is 0 Å². The van der Waals surface area contributed by atoms with Crippen molar-refractivity contribution in [3.8, 4) is 16.9 Å². The maximum Gasteiger partial charge on any atom is 0.246 e. The van der Waals surface area contributed by atoms with Gasteiger partial charge in [-0.1, -0.05) is 30.3 Å². The number of aromatic nitrogens is 2. The first-order valence-corrected chi connectivity index (χ1v) is 8.31. The summed E-state index contributed by atoms with van der Waals surface area (Å²) in [5.41, 5.74) is 2.78. The first kappa shape index (κ1) is 17.5. The van der Waals surface area contributed by atoms with E-state index in [2.05, 4.69) is 10.4 Å². The fourth-order valence-corrected chi connectivity index (χ4v) is 2.67. The van der Waals surface area contributed by atoms with E-state index in [1.54, 1.807) is 36.1 Å². The number of rotatable bonds is 6. The van der Waals surface area contributed by atoms with E-state index >= 15 is 0 Å². The topological polar surface area (TPSA) is 59.4 Å². The number of methoxy groups -OCH3 is 1. The van der Waals surface area contributed by atoms with Crippen molar-refractivity contribution in [1.29, 1.82) is 0 Å². The summed E-state index contributed by atoms with van der Waals surface area (Å²) >= 11 is 0. The Balaban J connectivity index is 1.75. The molecule has 2 aromatic carbocycles. The second kappa shape index (κ2) is 7.74. The predicted octanol–water partition coefficient (Wildman–Crippen LogP) is 3.26. The molecule has 1 aromatic heterocycles. The average molecular weight is 350 g/mol. The second-order valence-corrected chi connectivity index (χ2v) is 6.10. The molecule has 26 heavy (non-hydrogen) atoms. The first-order chi connectivity index (χ1) is 12.6. The molecule has 0 saturated carbocycles. The molecular weight excluding hydrogens is 328 g/mol. The van der Waals surface area contributed by atoms with Gasteiger partial charge in [0.25, 0.3) is 0 Å². The van der Waals surface area contributed by atoms with Gasteiger partial charge in [0, 0.05) is 31.5 Å². The van der Waals surface area contributed by atoms with Gasteiger partial charge in [-0.25, -0.2) is 0 Å². The van der Waals surface area contributed by atoms with Crippen molar-refractivity contribution in [2.24, 2.45) is 0 Å². The Labute approximate surface area is 153 Å². The number of amides is 1. The van der Waals surface area contributed by atoms with Gasteiger partial charge in [-0.15, -0.1) is 0 Å². The van der Waals surface area contributed by atoms with Gasteiger partial charge in [0.2, 0.25) is 5.91 Å². The Morgan fingerprint density at radius 3 is 2.42 bits per heavy atom. The lowest BCUT2D eigenvalue weighted by Crippen LogP contribution is -2.19. The molecule has 6 heteroatoms. The van der Waals surface area contributed by atoms with Gasteiger partial charge in [-0.05, 0) is 29.8 Å². The number of carbonyl (C=O) groups excluding carboxylic acids is 1. The van der Waals surface area contributed by atoms with E-state index in [1.807, 2.05) is 55.5 Å². The average Bonchev–Trinajstić information content (AvgIpc) is 3.07. The summed E-state index contributed by atoms with van der Waals surface area (Å²) in [5, 5.41) is 7.43. The fourth-order valence-electron chi connectivity index (χ4n) is 2.67.